The van der Waals surface area contributed by atoms with Gasteiger partial charge in [0.05, 0.1) is 0 Å². The number of carbonyl (C=O) groups is 4. The van der Waals surface area contributed by atoms with Crippen LogP contribution in [0, 0.1) is 5.92 Å². The number of amides is 4. The molecule has 2 aromatic rings. The Morgan fingerprint density at radius 3 is 2.19 bits per heavy atom. The average molecular weight is 492 g/mol. The van der Waals surface area contributed by atoms with Crippen LogP contribution in [0.25, 0.3) is 0 Å². The lowest BCUT2D eigenvalue weighted by Crippen LogP contribution is -2.49. The molecule has 1 aliphatic heterocycles. The zero-order valence-corrected chi connectivity index (χ0v) is 20.6. The lowest BCUT2D eigenvalue weighted by molar-refractivity contribution is -0.151. The third-order valence-corrected chi connectivity index (χ3v) is 7.18. The minimum Gasteiger partial charge on any atom is -0.454 e. The van der Waals surface area contributed by atoms with Crippen LogP contribution in [0.15, 0.2) is 60.7 Å². The molecule has 4 rings (SSSR count). The molecule has 0 aromatic heterocycles. The second kappa shape index (κ2) is 11.4. The molecule has 190 valence electrons. The van der Waals surface area contributed by atoms with E-state index in [2.05, 4.69) is 41.8 Å². The van der Waals surface area contributed by atoms with Gasteiger partial charge < -0.3 is 15.4 Å². The first-order valence-electron chi connectivity index (χ1n) is 12.5. The average Bonchev–Trinajstić information content (AvgIpc) is 3.12. The zero-order chi connectivity index (χ0) is 25.5. The van der Waals surface area contributed by atoms with Crippen LogP contribution in [0.3, 0.4) is 0 Å². The number of imide groups is 1. The van der Waals surface area contributed by atoms with Gasteiger partial charge in [0.2, 0.25) is 0 Å². The Hall–Kier alpha value is -3.68. The number of nitrogens with one attached hydrogen (secondary N) is 2. The Balaban J connectivity index is 1.23. The topological polar surface area (TPSA) is 105 Å². The van der Waals surface area contributed by atoms with Crippen LogP contribution < -0.4 is 10.6 Å². The number of benzene rings is 2. The smallest absolute Gasteiger partial charge is 0.326 e. The quantitative estimate of drug-likeness (QED) is 0.413. The number of rotatable bonds is 9. The van der Waals surface area contributed by atoms with E-state index >= 15 is 0 Å². The number of urea groups is 1. The molecule has 2 aliphatic rings. The summed E-state index contributed by atoms with van der Waals surface area (Å²) in [6.07, 6.45) is 3.51. The molecule has 0 radical (unpaired) electrons. The summed E-state index contributed by atoms with van der Waals surface area (Å²) in [6.45, 7) is 1.56. The molecule has 1 saturated carbocycles. The summed E-state index contributed by atoms with van der Waals surface area (Å²) in [5.41, 5.74) is 1.40. The fraction of sp³-hybridized carbons (Fsp3) is 0.429. The monoisotopic (exact) mass is 491 g/mol. The van der Waals surface area contributed by atoms with Crippen molar-refractivity contribution in [2.75, 3.05) is 19.7 Å². The highest BCUT2D eigenvalue weighted by Gasteiger charge is 2.52. The van der Waals surface area contributed by atoms with E-state index in [9.17, 15) is 19.2 Å². The van der Waals surface area contributed by atoms with Crippen molar-refractivity contribution in [1.82, 2.24) is 15.5 Å². The Morgan fingerprint density at radius 2 is 1.61 bits per heavy atom. The maximum absolute atomic E-state index is 12.9. The third kappa shape index (κ3) is 5.93. The molecule has 0 bridgehead atoms. The molecule has 1 spiro atoms. The largest absolute Gasteiger partial charge is 0.454 e. The van der Waals surface area contributed by atoms with E-state index in [-0.39, 0.29) is 11.8 Å². The van der Waals surface area contributed by atoms with Crippen molar-refractivity contribution < 1.29 is 23.9 Å². The molecule has 0 atom stereocenters. The Kier molecular flexibility index (Phi) is 8.03. The highest BCUT2D eigenvalue weighted by atomic mass is 16.5. The number of carbonyl (C=O) groups excluding carboxylic acids is 4. The lowest BCUT2D eigenvalue weighted by atomic mass is 9.77. The first-order valence-corrected chi connectivity index (χ1v) is 12.5. The third-order valence-electron chi connectivity index (χ3n) is 7.18. The van der Waals surface area contributed by atoms with Crippen molar-refractivity contribution in [2.45, 2.75) is 50.5 Å². The molecule has 2 fully saturated rings. The van der Waals surface area contributed by atoms with Gasteiger partial charge in [-0.1, -0.05) is 67.6 Å². The van der Waals surface area contributed by atoms with Gasteiger partial charge in [0.1, 0.15) is 12.1 Å². The SMILES string of the molecule is CC1CCC2(CC1)NC(=O)N(CC(=O)OCC(=O)NCCC(c1ccccc1)c1ccccc1)C2=O. The molecular formula is C28H33N3O5. The lowest BCUT2D eigenvalue weighted by Gasteiger charge is -2.33. The van der Waals surface area contributed by atoms with Gasteiger partial charge in [-0.3, -0.25) is 19.3 Å². The molecule has 8 nitrogen and oxygen atoms in total. The minimum absolute atomic E-state index is 0.116. The van der Waals surface area contributed by atoms with E-state index in [4.69, 9.17) is 4.74 Å². The van der Waals surface area contributed by atoms with E-state index in [1.54, 1.807) is 0 Å². The van der Waals surface area contributed by atoms with E-state index < -0.39 is 36.6 Å². The van der Waals surface area contributed by atoms with E-state index in [1.165, 1.54) is 0 Å². The number of hydrogen-bond donors (Lipinski definition) is 2. The van der Waals surface area contributed by atoms with Gasteiger partial charge in [-0.2, -0.15) is 0 Å². The summed E-state index contributed by atoms with van der Waals surface area (Å²) < 4.78 is 5.06. The van der Waals surface area contributed by atoms with Crippen molar-refractivity contribution in [3.05, 3.63) is 71.8 Å². The summed E-state index contributed by atoms with van der Waals surface area (Å²) in [6, 6.07) is 19.6. The van der Waals surface area contributed by atoms with Gasteiger partial charge in [0.25, 0.3) is 11.8 Å². The van der Waals surface area contributed by atoms with E-state index in [0.29, 0.717) is 31.7 Å². The van der Waals surface area contributed by atoms with Gasteiger partial charge in [-0.05, 0) is 49.1 Å². The van der Waals surface area contributed by atoms with Crippen LogP contribution in [-0.4, -0.2) is 54.0 Å². The molecule has 2 N–H and O–H groups in total. The minimum atomic E-state index is -0.907. The molecule has 2 aromatic carbocycles. The number of esters is 1. The summed E-state index contributed by atoms with van der Waals surface area (Å²) >= 11 is 0. The standard InChI is InChI=1S/C28H33N3O5/c1-20-12-15-28(16-13-20)26(34)31(27(35)30-28)18-25(33)36-19-24(32)29-17-14-23(21-8-4-2-5-9-21)22-10-6-3-7-11-22/h2-11,20,23H,12-19H2,1H3,(H,29,32)(H,30,35). The van der Waals surface area contributed by atoms with Crippen LogP contribution in [-0.2, 0) is 19.1 Å². The highest BCUT2D eigenvalue weighted by Crippen LogP contribution is 2.36. The van der Waals surface area contributed by atoms with Gasteiger partial charge in [-0.15, -0.1) is 0 Å². The predicted molar refractivity (Wildman–Crippen MR) is 134 cm³/mol. The summed E-state index contributed by atoms with van der Waals surface area (Å²) in [7, 11) is 0. The van der Waals surface area contributed by atoms with Crippen molar-refractivity contribution in [3.63, 3.8) is 0 Å². The van der Waals surface area contributed by atoms with Crippen LogP contribution in [0.1, 0.15) is 56.1 Å². The molecular weight excluding hydrogens is 458 g/mol. The molecule has 1 heterocycles. The number of hydrogen-bond acceptors (Lipinski definition) is 5. The maximum atomic E-state index is 12.9. The zero-order valence-electron chi connectivity index (χ0n) is 20.6. The maximum Gasteiger partial charge on any atom is 0.326 e. The van der Waals surface area contributed by atoms with Crippen LogP contribution >= 0.6 is 0 Å². The molecule has 4 amide bonds. The molecule has 0 unspecified atom stereocenters. The molecule has 8 heteroatoms. The first kappa shape index (κ1) is 25.4. The molecule has 1 aliphatic carbocycles. The fourth-order valence-corrected chi connectivity index (χ4v) is 5.04. The summed E-state index contributed by atoms with van der Waals surface area (Å²) in [5, 5.41) is 5.57. The van der Waals surface area contributed by atoms with Crippen LogP contribution in [0.2, 0.25) is 0 Å². The Morgan fingerprint density at radius 1 is 1.03 bits per heavy atom. The van der Waals surface area contributed by atoms with Crippen molar-refractivity contribution in [1.29, 1.82) is 0 Å². The van der Waals surface area contributed by atoms with Gasteiger partial charge >= 0.3 is 12.0 Å². The van der Waals surface area contributed by atoms with E-state index in [1.807, 2.05) is 36.4 Å². The second-order valence-electron chi connectivity index (χ2n) is 9.76. The number of ether oxygens (including phenoxy) is 1. The van der Waals surface area contributed by atoms with E-state index in [0.717, 1.165) is 28.9 Å². The van der Waals surface area contributed by atoms with Gasteiger partial charge in [-0.25, -0.2) is 4.79 Å². The number of nitrogens with zero attached hydrogens (tertiary/aromatic N) is 1. The first-order chi connectivity index (χ1) is 17.4. The fourth-order valence-electron chi connectivity index (χ4n) is 5.04. The Labute approximate surface area is 211 Å². The van der Waals surface area contributed by atoms with Crippen molar-refractivity contribution in [3.8, 4) is 0 Å². The molecule has 36 heavy (non-hydrogen) atoms. The normalized spacial score (nSPS) is 21.5. The highest BCUT2D eigenvalue weighted by molar-refractivity contribution is 6.08. The molecule has 1 saturated heterocycles. The van der Waals surface area contributed by atoms with Gasteiger partial charge in [0, 0.05) is 12.5 Å². The van der Waals surface area contributed by atoms with Crippen LogP contribution in [0.5, 0.6) is 0 Å². The van der Waals surface area contributed by atoms with Crippen molar-refractivity contribution in [2.24, 2.45) is 5.92 Å². The predicted octanol–water partition coefficient (Wildman–Crippen LogP) is 3.37. The summed E-state index contributed by atoms with van der Waals surface area (Å²) in [5.74, 6) is -0.980. The van der Waals surface area contributed by atoms with Crippen molar-refractivity contribution >= 4 is 23.8 Å². The van der Waals surface area contributed by atoms with Crippen LogP contribution in [0.4, 0.5) is 4.79 Å². The Bertz CT molecular complexity index is 1040. The second-order valence-corrected chi connectivity index (χ2v) is 9.76. The summed E-state index contributed by atoms with van der Waals surface area (Å²) in [4.78, 5) is 50.7. The van der Waals surface area contributed by atoms with Gasteiger partial charge in [0.15, 0.2) is 6.61 Å².